The number of nitrogens with zero attached hydrogens (tertiary/aromatic N) is 5. The van der Waals surface area contributed by atoms with Gasteiger partial charge in [-0.1, -0.05) is 26.7 Å². The van der Waals surface area contributed by atoms with E-state index in [2.05, 4.69) is 45.0 Å². The topological polar surface area (TPSA) is 64.5 Å². The van der Waals surface area contributed by atoms with Gasteiger partial charge in [-0.3, -0.25) is 9.36 Å². The molecule has 2 aromatic rings. The third kappa shape index (κ3) is 2.51. The Balaban J connectivity index is 2.19. The lowest BCUT2D eigenvalue weighted by molar-refractivity contribution is 0.602. The molecule has 0 atom stereocenters. The van der Waals surface area contributed by atoms with Crippen molar-refractivity contribution in [3.63, 3.8) is 0 Å². The first kappa shape index (κ1) is 15.4. The van der Waals surface area contributed by atoms with Crippen LogP contribution in [0.4, 0.5) is 5.82 Å². The van der Waals surface area contributed by atoms with E-state index in [0.717, 1.165) is 60.5 Å². The average molecular weight is 366 g/mol. The largest absolute Gasteiger partial charge is 0.294 e. The number of aromatic nitrogens is 4. The van der Waals surface area contributed by atoms with Gasteiger partial charge in [0.25, 0.3) is 5.56 Å². The zero-order chi connectivity index (χ0) is 15.7. The summed E-state index contributed by atoms with van der Waals surface area (Å²) in [6, 6.07) is 0. The highest BCUT2D eigenvalue weighted by Gasteiger charge is 2.25. The molecular formula is C15H20BrN5O. The highest BCUT2D eigenvalue weighted by atomic mass is 79.9. The highest BCUT2D eigenvalue weighted by Crippen LogP contribution is 2.28. The summed E-state index contributed by atoms with van der Waals surface area (Å²) in [5, 5.41) is 8.50. The fourth-order valence-electron chi connectivity index (χ4n) is 2.87. The molecule has 0 spiro atoms. The molecule has 1 aliphatic heterocycles. The van der Waals surface area contributed by atoms with Gasteiger partial charge in [0.05, 0.1) is 10.2 Å². The summed E-state index contributed by atoms with van der Waals surface area (Å²) in [4.78, 5) is 17.3. The number of fused-ring (bicyclic) bond motifs is 2. The fourth-order valence-corrected chi connectivity index (χ4v) is 3.32. The zero-order valence-electron chi connectivity index (χ0n) is 13.0. The molecule has 0 unspecified atom stereocenters. The van der Waals surface area contributed by atoms with Gasteiger partial charge in [-0.15, -0.1) is 10.2 Å². The highest BCUT2D eigenvalue weighted by molar-refractivity contribution is 9.18. The molecule has 118 valence electrons. The second kappa shape index (κ2) is 6.32. The smallest absolute Gasteiger partial charge is 0.266 e. The van der Waals surface area contributed by atoms with E-state index < -0.39 is 0 Å². The second-order valence-corrected chi connectivity index (χ2v) is 6.55. The molecule has 22 heavy (non-hydrogen) atoms. The van der Waals surface area contributed by atoms with Gasteiger partial charge >= 0.3 is 0 Å². The third-order valence-electron chi connectivity index (χ3n) is 3.95. The van der Waals surface area contributed by atoms with E-state index in [1.165, 1.54) is 0 Å². The number of hydrogen-bond donors (Lipinski definition) is 0. The first-order valence-corrected chi connectivity index (χ1v) is 8.69. The first-order chi connectivity index (χ1) is 10.7. The molecular weight excluding hydrogens is 346 g/mol. The summed E-state index contributed by atoms with van der Waals surface area (Å²) < 4.78 is 4.53. The number of rotatable bonds is 6. The molecule has 0 bridgehead atoms. The van der Waals surface area contributed by atoms with E-state index >= 15 is 0 Å². The Labute approximate surface area is 137 Å². The molecule has 6 nitrogen and oxygen atoms in total. The summed E-state index contributed by atoms with van der Waals surface area (Å²) in [6.07, 6.45) is 5.60. The molecule has 0 fully saturated rings. The maximum atomic E-state index is 12.8. The molecule has 0 aliphatic carbocycles. The molecule has 0 saturated carbocycles. The third-order valence-corrected chi connectivity index (χ3v) is 4.41. The van der Waals surface area contributed by atoms with Crippen LogP contribution in [0.3, 0.4) is 0 Å². The van der Waals surface area contributed by atoms with Gasteiger partial charge in [0.15, 0.2) is 0 Å². The molecule has 0 N–H and O–H groups in total. The summed E-state index contributed by atoms with van der Waals surface area (Å²) >= 11 is 3.43. The lowest BCUT2D eigenvalue weighted by Crippen LogP contribution is -2.23. The van der Waals surface area contributed by atoms with Gasteiger partial charge in [0.2, 0.25) is 5.78 Å². The zero-order valence-corrected chi connectivity index (χ0v) is 14.6. The predicted octanol–water partition coefficient (Wildman–Crippen LogP) is 3.01. The number of aryl methyl sites for hydroxylation is 2. The van der Waals surface area contributed by atoms with Crippen LogP contribution in [0.1, 0.15) is 50.9 Å². The minimum Gasteiger partial charge on any atom is -0.294 e. The van der Waals surface area contributed by atoms with Crippen LogP contribution in [0.25, 0.3) is 5.78 Å². The van der Waals surface area contributed by atoms with E-state index in [-0.39, 0.29) is 5.56 Å². The molecule has 0 aromatic carbocycles. The Morgan fingerprint density at radius 2 is 2.00 bits per heavy atom. The lowest BCUT2D eigenvalue weighted by Gasteiger charge is -2.12. The number of hydrogen-bond acceptors (Lipinski definition) is 4. The number of halogens is 1. The van der Waals surface area contributed by atoms with Gasteiger partial charge in [-0.25, -0.2) is 9.39 Å². The van der Waals surface area contributed by atoms with Crippen molar-refractivity contribution >= 4 is 32.1 Å². The molecule has 1 aliphatic rings. The Hall–Kier alpha value is -1.50. The van der Waals surface area contributed by atoms with Crippen LogP contribution in [0.2, 0.25) is 0 Å². The van der Waals surface area contributed by atoms with Crippen LogP contribution in [-0.4, -0.2) is 23.8 Å². The Bertz CT molecular complexity index is 789. The fraction of sp³-hybridized carbons (Fsp3) is 0.600. The number of unbranched alkanes of at least 4 members (excludes halogenated alkanes) is 2. The lowest BCUT2D eigenvalue weighted by atomic mass is 10.2. The molecule has 0 saturated heterocycles. The molecule has 0 amide bonds. The first-order valence-electron chi connectivity index (χ1n) is 7.90. The van der Waals surface area contributed by atoms with Gasteiger partial charge in [-0.05, 0) is 28.8 Å². The minimum absolute atomic E-state index is 0.0246. The predicted molar refractivity (Wildman–Crippen MR) is 90.5 cm³/mol. The molecule has 3 rings (SSSR count). The van der Waals surface area contributed by atoms with Gasteiger partial charge < -0.3 is 0 Å². The van der Waals surface area contributed by atoms with Crippen molar-refractivity contribution in [2.45, 2.75) is 58.9 Å². The van der Waals surface area contributed by atoms with Crippen molar-refractivity contribution in [3.8, 4) is 0 Å². The van der Waals surface area contributed by atoms with Crippen LogP contribution in [0.15, 0.2) is 9.79 Å². The van der Waals surface area contributed by atoms with Crippen molar-refractivity contribution in [1.82, 2.24) is 19.2 Å². The standard InChI is InChI=1S/C15H20BrN5O/c1-3-5-6-8-20-13-10(9-11(16)17-13)14(22)21-12(7-4-2)18-19-15(20)21/h3-9H2,1-2H3. The normalized spacial score (nSPS) is 13.7. The SMILES string of the molecule is CCCCCn1c2c(c(=O)n3c(CCC)nnc13)CC(Br)=N2. The summed E-state index contributed by atoms with van der Waals surface area (Å²) in [6.45, 7) is 5.07. The van der Waals surface area contributed by atoms with E-state index in [1.807, 2.05) is 4.57 Å². The van der Waals surface area contributed by atoms with Crippen LogP contribution < -0.4 is 5.56 Å². The molecule has 0 radical (unpaired) electrons. The Morgan fingerprint density at radius 3 is 2.73 bits per heavy atom. The van der Waals surface area contributed by atoms with Crippen LogP contribution in [-0.2, 0) is 19.4 Å². The molecule has 2 aromatic heterocycles. The van der Waals surface area contributed by atoms with E-state index in [0.29, 0.717) is 12.2 Å². The summed E-state index contributed by atoms with van der Waals surface area (Å²) in [5.74, 6) is 2.11. The van der Waals surface area contributed by atoms with Crippen LogP contribution >= 0.6 is 15.9 Å². The van der Waals surface area contributed by atoms with Gasteiger partial charge in [0.1, 0.15) is 11.6 Å². The van der Waals surface area contributed by atoms with Crippen LogP contribution in [0.5, 0.6) is 0 Å². The second-order valence-electron chi connectivity index (χ2n) is 5.63. The monoisotopic (exact) mass is 365 g/mol. The van der Waals surface area contributed by atoms with E-state index in [4.69, 9.17) is 0 Å². The Kier molecular flexibility index (Phi) is 4.42. The Morgan fingerprint density at radius 1 is 1.18 bits per heavy atom. The van der Waals surface area contributed by atoms with Crippen LogP contribution in [0, 0.1) is 0 Å². The van der Waals surface area contributed by atoms with Crippen molar-refractivity contribution in [3.05, 3.63) is 21.7 Å². The van der Waals surface area contributed by atoms with Gasteiger partial charge in [-0.2, -0.15) is 0 Å². The van der Waals surface area contributed by atoms with Crippen molar-refractivity contribution in [1.29, 1.82) is 0 Å². The van der Waals surface area contributed by atoms with E-state index in [1.54, 1.807) is 4.40 Å². The molecule has 7 heteroatoms. The summed E-state index contributed by atoms with van der Waals surface area (Å²) in [7, 11) is 0. The van der Waals surface area contributed by atoms with Crippen molar-refractivity contribution in [2.24, 2.45) is 4.99 Å². The molecule has 3 heterocycles. The van der Waals surface area contributed by atoms with Crippen molar-refractivity contribution < 1.29 is 0 Å². The maximum Gasteiger partial charge on any atom is 0.266 e. The van der Waals surface area contributed by atoms with E-state index in [9.17, 15) is 4.79 Å². The maximum absolute atomic E-state index is 12.8. The van der Waals surface area contributed by atoms with Crippen molar-refractivity contribution in [2.75, 3.05) is 0 Å². The quantitative estimate of drug-likeness (QED) is 0.739. The minimum atomic E-state index is -0.0246. The van der Waals surface area contributed by atoms with Gasteiger partial charge in [0, 0.05) is 19.4 Å². The number of aliphatic imine (C=N–C) groups is 1. The average Bonchev–Trinajstić information content (AvgIpc) is 3.07. The summed E-state index contributed by atoms with van der Waals surface area (Å²) in [5.41, 5.74) is 0.719.